The Morgan fingerprint density at radius 1 is 1.09 bits per heavy atom. The van der Waals surface area contributed by atoms with Crippen molar-refractivity contribution < 1.29 is 29.0 Å². The zero-order valence-corrected chi connectivity index (χ0v) is 19.4. The number of carbonyl (C=O) groups is 3. The molecule has 1 heterocycles. The lowest BCUT2D eigenvalue weighted by Gasteiger charge is -2.30. The second kappa shape index (κ2) is 9.85. The zero-order valence-electron chi connectivity index (χ0n) is 19.4. The Kier molecular flexibility index (Phi) is 6.88. The predicted molar refractivity (Wildman–Crippen MR) is 125 cm³/mol. The van der Waals surface area contributed by atoms with Crippen LogP contribution in [0.25, 0.3) is 11.1 Å². The Balaban J connectivity index is 1.44. The third-order valence-corrected chi connectivity index (χ3v) is 6.66. The molecule has 180 valence electrons. The molecule has 2 amide bonds. The van der Waals surface area contributed by atoms with E-state index >= 15 is 0 Å². The first-order valence-electron chi connectivity index (χ1n) is 11.5. The van der Waals surface area contributed by atoms with E-state index in [1.165, 1.54) is 0 Å². The third kappa shape index (κ3) is 4.77. The maximum Gasteiger partial charge on any atom is 0.408 e. The van der Waals surface area contributed by atoms with Crippen molar-refractivity contribution in [1.82, 2.24) is 10.6 Å². The summed E-state index contributed by atoms with van der Waals surface area (Å²) in [6.45, 7) is 4.12. The number of hydrogen-bond acceptors (Lipinski definition) is 5. The summed E-state index contributed by atoms with van der Waals surface area (Å²) < 4.78 is 11.0. The summed E-state index contributed by atoms with van der Waals surface area (Å²) >= 11 is 0. The number of nitrogens with one attached hydrogen (secondary N) is 2. The van der Waals surface area contributed by atoms with Crippen LogP contribution in [0, 0.1) is 5.92 Å². The second-order valence-electron chi connectivity index (χ2n) is 9.26. The summed E-state index contributed by atoms with van der Waals surface area (Å²) in [5.74, 6) is -1.64. The van der Waals surface area contributed by atoms with E-state index in [-0.39, 0.29) is 37.9 Å². The standard InChI is InChI=1S/C26H30N2O6/c1-16(2)22(13-23(29)30)27-24(31)26(11-12-33-15-26)28-25(32)34-14-21-19-9-5-3-7-17(19)18-8-4-6-10-20(18)21/h3-10,16,21-22H,11-15H2,1-2H3,(H,27,31)(H,28,32)(H,29,30)/t22-,26?/m1/s1. The number of ether oxygens (including phenoxy) is 2. The van der Waals surface area contributed by atoms with Crippen molar-refractivity contribution in [3.05, 3.63) is 59.7 Å². The summed E-state index contributed by atoms with van der Waals surface area (Å²) in [4.78, 5) is 37.2. The number of alkyl carbamates (subject to hydrolysis) is 1. The van der Waals surface area contributed by atoms with Crippen LogP contribution in [-0.2, 0) is 19.1 Å². The highest BCUT2D eigenvalue weighted by atomic mass is 16.6. The van der Waals surface area contributed by atoms with Crippen LogP contribution in [0.1, 0.15) is 43.7 Å². The minimum atomic E-state index is -1.30. The van der Waals surface area contributed by atoms with Gasteiger partial charge in [-0.1, -0.05) is 62.4 Å². The van der Waals surface area contributed by atoms with Crippen LogP contribution in [0.15, 0.2) is 48.5 Å². The van der Waals surface area contributed by atoms with Gasteiger partial charge in [-0.05, 0) is 28.2 Å². The van der Waals surface area contributed by atoms with E-state index in [0.29, 0.717) is 6.61 Å². The molecule has 2 atom stereocenters. The lowest BCUT2D eigenvalue weighted by molar-refractivity contribution is -0.138. The topological polar surface area (TPSA) is 114 Å². The molecule has 34 heavy (non-hydrogen) atoms. The van der Waals surface area contributed by atoms with Crippen molar-refractivity contribution in [2.75, 3.05) is 19.8 Å². The molecule has 2 aliphatic rings. The number of carboxylic acid groups (broad SMARTS) is 1. The van der Waals surface area contributed by atoms with Crippen molar-refractivity contribution >= 4 is 18.0 Å². The van der Waals surface area contributed by atoms with Crippen LogP contribution < -0.4 is 10.6 Å². The number of fused-ring (bicyclic) bond motifs is 3. The van der Waals surface area contributed by atoms with E-state index < -0.39 is 29.6 Å². The van der Waals surface area contributed by atoms with Gasteiger partial charge in [-0.25, -0.2) is 4.79 Å². The van der Waals surface area contributed by atoms with E-state index in [0.717, 1.165) is 22.3 Å². The van der Waals surface area contributed by atoms with Gasteiger partial charge in [-0.2, -0.15) is 0 Å². The summed E-state index contributed by atoms with van der Waals surface area (Å²) in [6.07, 6.45) is -0.631. The molecule has 2 aromatic carbocycles. The van der Waals surface area contributed by atoms with Crippen LogP contribution in [0.2, 0.25) is 0 Å². The molecule has 1 aliphatic carbocycles. The molecule has 8 nitrogen and oxygen atoms in total. The molecule has 1 aliphatic heterocycles. The van der Waals surface area contributed by atoms with Crippen molar-refractivity contribution in [3.8, 4) is 11.1 Å². The van der Waals surface area contributed by atoms with Gasteiger partial charge in [0.1, 0.15) is 12.1 Å². The monoisotopic (exact) mass is 466 g/mol. The van der Waals surface area contributed by atoms with E-state index in [1.807, 2.05) is 50.2 Å². The molecule has 1 saturated heterocycles. The minimum Gasteiger partial charge on any atom is -0.481 e. The lowest BCUT2D eigenvalue weighted by Crippen LogP contribution is -2.61. The van der Waals surface area contributed by atoms with Crippen LogP contribution >= 0.6 is 0 Å². The Labute approximate surface area is 198 Å². The lowest BCUT2D eigenvalue weighted by atomic mass is 9.94. The Bertz CT molecular complexity index is 1030. The fourth-order valence-corrected chi connectivity index (χ4v) is 4.68. The minimum absolute atomic E-state index is 0.000908. The van der Waals surface area contributed by atoms with Gasteiger partial charge >= 0.3 is 12.1 Å². The van der Waals surface area contributed by atoms with Crippen molar-refractivity contribution in [2.45, 2.75) is 44.2 Å². The van der Waals surface area contributed by atoms with Gasteiger partial charge in [0.25, 0.3) is 0 Å². The molecular weight excluding hydrogens is 436 g/mol. The zero-order chi connectivity index (χ0) is 24.3. The van der Waals surface area contributed by atoms with E-state index in [2.05, 4.69) is 22.8 Å². The fourth-order valence-electron chi connectivity index (χ4n) is 4.68. The van der Waals surface area contributed by atoms with Crippen molar-refractivity contribution in [1.29, 1.82) is 0 Å². The van der Waals surface area contributed by atoms with Gasteiger partial charge in [0, 0.05) is 25.0 Å². The Morgan fingerprint density at radius 3 is 2.24 bits per heavy atom. The number of benzene rings is 2. The summed E-state index contributed by atoms with van der Waals surface area (Å²) in [7, 11) is 0. The molecular formula is C26H30N2O6. The van der Waals surface area contributed by atoms with E-state index in [4.69, 9.17) is 14.6 Å². The number of carbonyl (C=O) groups excluding carboxylic acids is 2. The average molecular weight is 467 g/mol. The van der Waals surface area contributed by atoms with Crippen LogP contribution in [0.3, 0.4) is 0 Å². The first kappa shape index (κ1) is 23.8. The molecule has 2 aromatic rings. The summed E-state index contributed by atoms with van der Waals surface area (Å²) in [5.41, 5.74) is 3.16. The summed E-state index contributed by atoms with van der Waals surface area (Å²) in [5, 5.41) is 14.7. The molecule has 1 unspecified atom stereocenters. The first-order valence-corrected chi connectivity index (χ1v) is 11.5. The molecule has 0 radical (unpaired) electrons. The normalized spacial score (nSPS) is 19.9. The van der Waals surface area contributed by atoms with Crippen molar-refractivity contribution in [3.63, 3.8) is 0 Å². The number of aliphatic carboxylic acids is 1. The maximum atomic E-state index is 13.1. The number of hydrogen-bond donors (Lipinski definition) is 3. The Morgan fingerprint density at radius 2 is 1.71 bits per heavy atom. The van der Waals surface area contributed by atoms with Crippen LogP contribution in [-0.4, -0.2) is 54.5 Å². The fraction of sp³-hybridized carbons (Fsp3) is 0.423. The molecule has 0 bridgehead atoms. The highest BCUT2D eigenvalue weighted by molar-refractivity contribution is 5.91. The van der Waals surface area contributed by atoms with Gasteiger partial charge in [0.15, 0.2) is 0 Å². The molecule has 3 N–H and O–H groups in total. The highest BCUT2D eigenvalue weighted by Crippen LogP contribution is 2.44. The first-order chi connectivity index (χ1) is 16.3. The van der Waals surface area contributed by atoms with Crippen LogP contribution in [0.4, 0.5) is 4.79 Å². The Hall–Kier alpha value is -3.39. The average Bonchev–Trinajstić information content (AvgIpc) is 3.40. The number of rotatable bonds is 8. The third-order valence-electron chi connectivity index (χ3n) is 6.66. The second-order valence-corrected chi connectivity index (χ2v) is 9.26. The highest BCUT2D eigenvalue weighted by Gasteiger charge is 2.45. The molecule has 4 rings (SSSR count). The molecule has 8 heteroatoms. The quantitative estimate of drug-likeness (QED) is 0.550. The smallest absolute Gasteiger partial charge is 0.408 e. The van der Waals surface area contributed by atoms with Gasteiger partial charge in [0.05, 0.1) is 13.0 Å². The molecule has 1 fully saturated rings. The largest absolute Gasteiger partial charge is 0.481 e. The van der Waals surface area contributed by atoms with E-state index in [9.17, 15) is 14.4 Å². The van der Waals surface area contributed by atoms with E-state index in [1.54, 1.807) is 0 Å². The maximum absolute atomic E-state index is 13.1. The summed E-state index contributed by atoms with van der Waals surface area (Å²) in [6, 6.07) is 15.5. The number of amides is 2. The van der Waals surface area contributed by atoms with Gasteiger partial charge in [-0.15, -0.1) is 0 Å². The van der Waals surface area contributed by atoms with Gasteiger partial charge in [0.2, 0.25) is 5.91 Å². The SMILES string of the molecule is CC(C)[C@@H](CC(=O)O)NC(=O)C1(NC(=O)OCC2c3ccccc3-c3ccccc32)CCOC1. The molecule has 0 aromatic heterocycles. The predicted octanol–water partition coefficient (Wildman–Crippen LogP) is 3.30. The van der Waals surface area contributed by atoms with Gasteiger partial charge in [-0.3, -0.25) is 9.59 Å². The molecule has 0 spiro atoms. The molecule has 0 saturated carbocycles. The van der Waals surface area contributed by atoms with Crippen LogP contribution in [0.5, 0.6) is 0 Å². The van der Waals surface area contributed by atoms with Gasteiger partial charge < -0.3 is 25.2 Å². The van der Waals surface area contributed by atoms with Crippen molar-refractivity contribution in [2.24, 2.45) is 5.92 Å². The number of carboxylic acids is 1.